The third-order valence-electron chi connectivity index (χ3n) is 6.39. The molecule has 2 aromatic carbocycles. The van der Waals surface area contributed by atoms with Crippen molar-refractivity contribution >= 4 is 67.0 Å². The molecule has 1 aliphatic carbocycles. The normalized spacial score (nSPS) is 17.9. The SMILES string of the molecule is CN(C)c1nc(NC2CCC(NC(=O)c3cc(Cl)nc4ccc(Br)cc34)CC2)nc2ccccc12. The van der Waals surface area contributed by atoms with Crippen molar-refractivity contribution in [3.63, 3.8) is 0 Å². The van der Waals surface area contributed by atoms with Gasteiger partial charge in [-0.1, -0.05) is 39.7 Å². The lowest BCUT2D eigenvalue weighted by Gasteiger charge is -2.30. The molecule has 2 heterocycles. The molecule has 0 unspecified atom stereocenters. The summed E-state index contributed by atoms with van der Waals surface area (Å²) in [7, 11) is 3.98. The van der Waals surface area contributed by atoms with Crippen LogP contribution < -0.4 is 15.5 Å². The lowest BCUT2D eigenvalue weighted by molar-refractivity contribution is 0.0928. The van der Waals surface area contributed by atoms with Crippen molar-refractivity contribution in [1.29, 1.82) is 0 Å². The molecule has 7 nitrogen and oxygen atoms in total. The zero-order valence-corrected chi connectivity index (χ0v) is 21.9. The van der Waals surface area contributed by atoms with Crippen molar-refractivity contribution in [2.24, 2.45) is 0 Å². The van der Waals surface area contributed by atoms with Crippen LogP contribution in [-0.2, 0) is 0 Å². The van der Waals surface area contributed by atoms with Gasteiger partial charge in [0.1, 0.15) is 11.0 Å². The van der Waals surface area contributed by atoms with Crippen LogP contribution in [0.25, 0.3) is 21.8 Å². The van der Waals surface area contributed by atoms with Gasteiger partial charge in [0.2, 0.25) is 5.95 Å². The van der Waals surface area contributed by atoms with E-state index in [0.717, 1.165) is 52.3 Å². The average Bonchev–Trinajstić information content (AvgIpc) is 2.84. The van der Waals surface area contributed by atoms with Gasteiger partial charge in [-0.15, -0.1) is 0 Å². The Morgan fingerprint density at radius 2 is 1.66 bits per heavy atom. The molecule has 9 heteroatoms. The lowest BCUT2D eigenvalue weighted by Crippen LogP contribution is -2.40. The van der Waals surface area contributed by atoms with Crippen LogP contribution in [-0.4, -0.2) is 47.0 Å². The van der Waals surface area contributed by atoms with Crippen LogP contribution in [0.1, 0.15) is 36.0 Å². The molecule has 1 aliphatic rings. The summed E-state index contributed by atoms with van der Waals surface area (Å²) in [4.78, 5) is 29.0. The summed E-state index contributed by atoms with van der Waals surface area (Å²) in [5.41, 5.74) is 2.16. The number of halogens is 2. The molecule has 0 saturated heterocycles. The van der Waals surface area contributed by atoms with E-state index in [4.69, 9.17) is 21.6 Å². The standard InChI is InChI=1S/C26H26BrClN6O/c1-34(2)24-18-5-3-4-6-21(18)32-26(33-24)30-17-10-8-16(9-11-17)29-25(35)20-14-23(28)31-22-12-7-15(27)13-19(20)22/h3-7,12-14,16-17H,8-11H2,1-2H3,(H,29,35)(H,30,32,33). The number of fused-ring (bicyclic) bond motifs is 2. The first-order valence-electron chi connectivity index (χ1n) is 11.6. The second-order valence-corrected chi connectivity index (χ2v) is 10.4. The molecular formula is C26H26BrClN6O. The van der Waals surface area contributed by atoms with Crippen LogP contribution in [0.3, 0.4) is 0 Å². The summed E-state index contributed by atoms with van der Waals surface area (Å²) in [6, 6.07) is 15.7. The third kappa shape index (κ3) is 5.18. The van der Waals surface area contributed by atoms with E-state index in [1.54, 1.807) is 6.07 Å². The highest BCUT2D eigenvalue weighted by molar-refractivity contribution is 9.10. The van der Waals surface area contributed by atoms with Crippen LogP contribution in [0.2, 0.25) is 5.15 Å². The number of benzene rings is 2. The predicted molar refractivity (Wildman–Crippen MR) is 145 cm³/mol. The van der Waals surface area contributed by atoms with Gasteiger partial charge in [0, 0.05) is 41.4 Å². The lowest BCUT2D eigenvalue weighted by atomic mass is 9.91. The Kier molecular flexibility index (Phi) is 6.75. The zero-order chi connectivity index (χ0) is 24.5. The van der Waals surface area contributed by atoms with E-state index in [1.165, 1.54) is 0 Å². The number of rotatable bonds is 5. The van der Waals surface area contributed by atoms with Gasteiger partial charge < -0.3 is 15.5 Å². The number of amides is 1. The highest BCUT2D eigenvalue weighted by Crippen LogP contribution is 2.28. The van der Waals surface area contributed by atoms with Crippen molar-refractivity contribution < 1.29 is 4.79 Å². The van der Waals surface area contributed by atoms with Gasteiger partial charge in [-0.2, -0.15) is 4.98 Å². The minimum absolute atomic E-state index is 0.101. The van der Waals surface area contributed by atoms with Crippen molar-refractivity contribution in [1.82, 2.24) is 20.3 Å². The molecule has 0 bridgehead atoms. The van der Waals surface area contributed by atoms with Crippen LogP contribution in [0.4, 0.5) is 11.8 Å². The molecule has 35 heavy (non-hydrogen) atoms. The van der Waals surface area contributed by atoms with Crippen LogP contribution in [0.15, 0.2) is 53.0 Å². The molecule has 1 amide bonds. The first-order valence-corrected chi connectivity index (χ1v) is 12.8. The highest BCUT2D eigenvalue weighted by Gasteiger charge is 2.24. The number of carbonyl (C=O) groups is 1. The minimum Gasteiger partial charge on any atom is -0.362 e. The summed E-state index contributed by atoms with van der Waals surface area (Å²) < 4.78 is 0.892. The summed E-state index contributed by atoms with van der Waals surface area (Å²) in [5.74, 6) is 1.42. The van der Waals surface area contributed by atoms with E-state index in [0.29, 0.717) is 22.2 Å². The van der Waals surface area contributed by atoms with Crippen LogP contribution >= 0.6 is 27.5 Å². The van der Waals surface area contributed by atoms with Crippen molar-refractivity contribution in [2.45, 2.75) is 37.8 Å². The van der Waals surface area contributed by atoms with Crippen molar-refractivity contribution in [3.05, 3.63) is 63.7 Å². The molecule has 0 radical (unpaired) electrons. The summed E-state index contributed by atoms with van der Waals surface area (Å²) in [6.45, 7) is 0. The molecule has 0 aliphatic heterocycles. The molecule has 2 aromatic heterocycles. The fraction of sp³-hybridized carbons (Fsp3) is 0.308. The summed E-state index contributed by atoms with van der Waals surface area (Å²) >= 11 is 9.67. The maximum atomic E-state index is 13.1. The smallest absolute Gasteiger partial charge is 0.252 e. The molecule has 0 spiro atoms. The van der Waals surface area contributed by atoms with Gasteiger partial charge in [-0.05, 0) is 62.1 Å². The van der Waals surface area contributed by atoms with E-state index in [9.17, 15) is 4.79 Å². The minimum atomic E-state index is -0.123. The number of anilines is 2. The number of nitrogens with zero attached hydrogens (tertiary/aromatic N) is 4. The van der Waals surface area contributed by atoms with Crippen LogP contribution in [0, 0.1) is 0 Å². The fourth-order valence-corrected chi connectivity index (χ4v) is 5.21. The monoisotopic (exact) mass is 552 g/mol. The van der Waals surface area contributed by atoms with Gasteiger partial charge in [-0.25, -0.2) is 9.97 Å². The number of hydrogen-bond acceptors (Lipinski definition) is 6. The second-order valence-electron chi connectivity index (χ2n) is 9.10. The number of carbonyl (C=O) groups excluding carboxylic acids is 1. The number of nitrogens with one attached hydrogen (secondary N) is 2. The van der Waals surface area contributed by atoms with Crippen molar-refractivity contribution in [2.75, 3.05) is 24.3 Å². The van der Waals surface area contributed by atoms with Crippen LogP contribution in [0.5, 0.6) is 0 Å². The predicted octanol–water partition coefficient (Wildman–Crippen LogP) is 5.81. The summed E-state index contributed by atoms with van der Waals surface area (Å²) in [6.07, 6.45) is 3.58. The van der Waals surface area contributed by atoms with E-state index in [1.807, 2.05) is 61.5 Å². The first kappa shape index (κ1) is 23.8. The quantitative estimate of drug-likeness (QED) is 0.303. The Morgan fingerprint density at radius 1 is 0.943 bits per heavy atom. The Hall–Kier alpha value is -2.97. The zero-order valence-electron chi connectivity index (χ0n) is 19.6. The summed E-state index contributed by atoms with van der Waals surface area (Å²) in [5, 5.41) is 8.84. The van der Waals surface area contributed by atoms with Gasteiger partial charge >= 0.3 is 0 Å². The van der Waals surface area contributed by atoms with Gasteiger partial charge in [0.05, 0.1) is 16.6 Å². The van der Waals surface area contributed by atoms with E-state index >= 15 is 0 Å². The topological polar surface area (TPSA) is 83.0 Å². The van der Waals surface area contributed by atoms with E-state index in [-0.39, 0.29) is 18.0 Å². The van der Waals surface area contributed by atoms with Crippen molar-refractivity contribution in [3.8, 4) is 0 Å². The average molecular weight is 554 g/mol. The Balaban J connectivity index is 1.25. The molecular weight excluding hydrogens is 528 g/mol. The maximum Gasteiger partial charge on any atom is 0.252 e. The van der Waals surface area contributed by atoms with E-state index in [2.05, 4.69) is 31.5 Å². The molecule has 1 fully saturated rings. The molecule has 5 rings (SSSR count). The first-order chi connectivity index (χ1) is 16.9. The van der Waals surface area contributed by atoms with Gasteiger partial charge in [0.25, 0.3) is 5.91 Å². The second kappa shape index (κ2) is 9.95. The Labute approximate surface area is 217 Å². The molecule has 2 N–H and O–H groups in total. The molecule has 1 saturated carbocycles. The third-order valence-corrected chi connectivity index (χ3v) is 7.07. The molecule has 4 aromatic rings. The fourth-order valence-electron chi connectivity index (χ4n) is 4.65. The van der Waals surface area contributed by atoms with E-state index < -0.39 is 0 Å². The van der Waals surface area contributed by atoms with Gasteiger partial charge in [0.15, 0.2) is 0 Å². The Morgan fingerprint density at radius 3 is 2.43 bits per heavy atom. The largest absolute Gasteiger partial charge is 0.362 e. The number of hydrogen-bond donors (Lipinski definition) is 2. The maximum absolute atomic E-state index is 13.1. The molecule has 0 atom stereocenters. The highest BCUT2D eigenvalue weighted by atomic mass is 79.9. The Bertz CT molecular complexity index is 1400. The molecule has 180 valence electrons. The number of aromatic nitrogens is 3. The number of pyridine rings is 1. The van der Waals surface area contributed by atoms with Gasteiger partial charge in [-0.3, -0.25) is 4.79 Å². The number of para-hydroxylation sites is 1.